The number of rotatable bonds is 5. The van der Waals surface area contributed by atoms with Gasteiger partial charge in [0.2, 0.25) is 0 Å². The first-order chi connectivity index (χ1) is 11.4. The number of aromatic amines is 1. The Balaban J connectivity index is 2.23. The van der Waals surface area contributed by atoms with Gasteiger partial charge in [0.05, 0.1) is 5.69 Å². The zero-order valence-corrected chi connectivity index (χ0v) is 13.9. The Labute approximate surface area is 140 Å². The number of hydrogen-bond donors (Lipinski definition) is 1. The lowest BCUT2D eigenvalue weighted by molar-refractivity contribution is 0.0776. The predicted molar refractivity (Wildman–Crippen MR) is 90.9 cm³/mol. The van der Waals surface area contributed by atoms with Gasteiger partial charge in [-0.1, -0.05) is 24.1 Å². The molecule has 0 aliphatic heterocycles. The first-order valence-electron chi connectivity index (χ1n) is 7.41. The SMILES string of the molecule is C#CCOc1ccccc1CN(C)C(=O)c1nc(C)c(C)[nH]c1=O. The molecule has 1 aromatic carbocycles. The lowest BCUT2D eigenvalue weighted by Crippen LogP contribution is -2.33. The minimum Gasteiger partial charge on any atom is -0.481 e. The van der Waals surface area contributed by atoms with Crippen molar-refractivity contribution in [1.29, 1.82) is 0 Å². The molecule has 2 aromatic rings. The number of carbonyl (C=O) groups excluding carboxylic acids is 1. The van der Waals surface area contributed by atoms with Gasteiger partial charge in [-0.05, 0) is 19.9 Å². The summed E-state index contributed by atoms with van der Waals surface area (Å²) in [5, 5.41) is 0. The highest BCUT2D eigenvalue weighted by Gasteiger charge is 2.19. The fourth-order valence-electron chi connectivity index (χ4n) is 2.17. The van der Waals surface area contributed by atoms with Crippen LogP contribution in [0.15, 0.2) is 29.1 Å². The van der Waals surface area contributed by atoms with Crippen LogP contribution in [0, 0.1) is 26.2 Å². The zero-order valence-electron chi connectivity index (χ0n) is 13.9. The summed E-state index contributed by atoms with van der Waals surface area (Å²) in [6.07, 6.45) is 5.21. The number of H-pyrrole nitrogens is 1. The minimum absolute atomic E-state index is 0.123. The third kappa shape index (κ3) is 3.82. The van der Waals surface area contributed by atoms with Crippen LogP contribution < -0.4 is 10.3 Å². The van der Waals surface area contributed by atoms with E-state index in [9.17, 15) is 9.59 Å². The first-order valence-corrected chi connectivity index (χ1v) is 7.41. The van der Waals surface area contributed by atoms with Crippen LogP contribution in [0.1, 0.15) is 27.4 Å². The number of carbonyl (C=O) groups is 1. The molecule has 24 heavy (non-hydrogen) atoms. The number of para-hydroxylation sites is 1. The number of hydrogen-bond acceptors (Lipinski definition) is 4. The Kier molecular flexibility index (Phi) is 5.38. The topological polar surface area (TPSA) is 75.3 Å². The maximum absolute atomic E-state index is 12.5. The number of ether oxygens (including phenoxy) is 1. The monoisotopic (exact) mass is 325 g/mol. The van der Waals surface area contributed by atoms with Gasteiger partial charge < -0.3 is 14.6 Å². The average molecular weight is 325 g/mol. The van der Waals surface area contributed by atoms with Gasteiger partial charge >= 0.3 is 0 Å². The van der Waals surface area contributed by atoms with E-state index in [2.05, 4.69) is 15.9 Å². The molecule has 0 radical (unpaired) electrons. The molecule has 1 aromatic heterocycles. The molecule has 1 N–H and O–H groups in total. The normalized spacial score (nSPS) is 10.1. The number of amides is 1. The van der Waals surface area contributed by atoms with Crippen molar-refractivity contribution in [2.75, 3.05) is 13.7 Å². The smallest absolute Gasteiger partial charge is 0.279 e. The molecule has 0 atom stereocenters. The van der Waals surface area contributed by atoms with E-state index in [1.54, 1.807) is 27.0 Å². The second-order valence-electron chi connectivity index (χ2n) is 5.39. The molecule has 0 aliphatic rings. The molecule has 6 nitrogen and oxygen atoms in total. The summed E-state index contributed by atoms with van der Waals surface area (Å²) in [7, 11) is 1.61. The van der Waals surface area contributed by atoms with Gasteiger partial charge in [0, 0.05) is 24.8 Å². The van der Waals surface area contributed by atoms with Crippen LogP contribution in [-0.2, 0) is 6.54 Å². The Morgan fingerprint density at radius 1 is 1.38 bits per heavy atom. The van der Waals surface area contributed by atoms with Crippen molar-refractivity contribution in [2.24, 2.45) is 0 Å². The average Bonchev–Trinajstić information content (AvgIpc) is 2.56. The highest BCUT2D eigenvalue weighted by atomic mass is 16.5. The summed E-state index contributed by atoms with van der Waals surface area (Å²) in [6.45, 7) is 3.90. The Morgan fingerprint density at radius 3 is 2.79 bits per heavy atom. The fraction of sp³-hybridized carbons (Fsp3) is 0.278. The first kappa shape index (κ1) is 17.3. The second kappa shape index (κ2) is 7.47. The summed E-state index contributed by atoms with van der Waals surface area (Å²) in [5.41, 5.74) is 1.44. The van der Waals surface area contributed by atoms with Crippen molar-refractivity contribution in [3.63, 3.8) is 0 Å². The third-order valence-electron chi connectivity index (χ3n) is 3.58. The van der Waals surface area contributed by atoms with E-state index in [1.165, 1.54) is 4.90 Å². The molecular formula is C18H19N3O3. The van der Waals surface area contributed by atoms with Gasteiger partial charge in [0.15, 0.2) is 5.69 Å². The Hall–Kier alpha value is -3.07. The van der Waals surface area contributed by atoms with Crippen molar-refractivity contribution in [2.45, 2.75) is 20.4 Å². The number of aromatic nitrogens is 2. The number of aryl methyl sites for hydroxylation is 2. The summed E-state index contributed by atoms with van der Waals surface area (Å²) in [4.78, 5) is 32.7. The summed E-state index contributed by atoms with van der Waals surface area (Å²) in [5.74, 6) is 2.56. The number of terminal acetylenes is 1. The maximum Gasteiger partial charge on any atom is 0.279 e. The van der Waals surface area contributed by atoms with Gasteiger partial charge in [0.25, 0.3) is 11.5 Å². The molecule has 1 amide bonds. The van der Waals surface area contributed by atoms with E-state index in [0.29, 0.717) is 17.1 Å². The van der Waals surface area contributed by atoms with E-state index in [0.717, 1.165) is 5.56 Å². The molecule has 0 bridgehead atoms. The van der Waals surface area contributed by atoms with Crippen LogP contribution in [0.4, 0.5) is 0 Å². The maximum atomic E-state index is 12.5. The molecule has 2 rings (SSSR count). The molecular weight excluding hydrogens is 306 g/mol. The highest BCUT2D eigenvalue weighted by molar-refractivity contribution is 5.91. The predicted octanol–water partition coefficient (Wildman–Crippen LogP) is 1.67. The Morgan fingerprint density at radius 2 is 2.08 bits per heavy atom. The summed E-state index contributed by atoms with van der Waals surface area (Å²) >= 11 is 0. The van der Waals surface area contributed by atoms with Gasteiger partial charge in [-0.15, -0.1) is 6.42 Å². The molecule has 124 valence electrons. The van der Waals surface area contributed by atoms with Crippen LogP contribution >= 0.6 is 0 Å². The molecule has 0 saturated heterocycles. The number of benzene rings is 1. The Bertz CT molecular complexity index is 849. The van der Waals surface area contributed by atoms with Crippen LogP contribution in [0.5, 0.6) is 5.75 Å². The second-order valence-corrected chi connectivity index (χ2v) is 5.39. The van der Waals surface area contributed by atoms with Crippen molar-refractivity contribution < 1.29 is 9.53 Å². The quantitative estimate of drug-likeness (QED) is 0.849. The van der Waals surface area contributed by atoms with Crippen LogP contribution in [0.2, 0.25) is 0 Å². The van der Waals surface area contributed by atoms with E-state index < -0.39 is 11.5 Å². The molecule has 0 aliphatic carbocycles. The van der Waals surface area contributed by atoms with Gasteiger partial charge in [0.1, 0.15) is 12.4 Å². The van der Waals surface area contributed by atoms with E-state index in [4.69, 9.17) is 11.2 Å². The van der Waals surface area contributed by atoms with Crippen LogP contribution in [-0.4, -0.2) is 34.4 Å². The van der Waals surface area contributed by atoms with Crippen molar-refractivity contribution in [3.05, 3.63) is 57.3 Å². The lowest BCUT2D eigenvalue weighted by Gasteiger charge is -2.18. The van der Waals surface area contributed by atoms with Crippen molar-refractivity contribution in [3.8, 4) is 18.1 Å². The van der Waals surface area contributed by atoms with Gasteiger partial charge in [-0.25, -0.2) is 4.98 Å². The standard InChI is InChI=1S/C18H19N3O3/c1-5-10-24-15-9-7-6-8-14(15)11-21(4)18(23)16-17(22)20-13(3)12(2)19-16/h1,6-9H,10-11H2,2-4H3,(H,20,22). The van der Waals surface area contributed by atoms with Crippen LogP contribution in [0.3, 0.4) is 0 Å². The van der Waals surface area contributed by atoms with Gasteiger partial charge in [-0.2, -0.15) is 0 Å². The number of nitrogens with one attached hydrogen (secondary N) is 1. The zero-order chi connectivity index (χ0) is 17.7. The van der Waals surface area contributed by atoms with Crippen molar-refractivity contribution in [1.82, 2.24) is 14.9 Å². The van der Waals surface area contributed by atoms with Crippen LogP contribution in [0.25, 0.3) is 0 Å². The molecule has 0 spiro atoms. The lowest BCUT2D eigenvalue weighted by atomic mass is 10.2. The molecule has 6 heteroatoms. The summed E-state index contributed by atoms with van der Waals surface area (Å²) in [6, 6.07) is 7.30. The van der Waals surface area contributed by atoms with E-state index in [1.807, 2.05) is 18.2 Å². The molecule has 0 fully saturated rings. The molecule has 0 saturated carbocycles. The molecule has 0 unspecified atom stereocenters. The van der Waals surface area contributed by atoms with E-state index in [-0.39, 0.29) is 18.8 Å². The summed E-state index contributed by atoms with van der Waals surface area (Å²) < 4.78 is 5.47. The third-order valence-corrected chi connectivity index (χ3v) is 3.58. The van der Waals surface area contributed by atoms with E-state index >= 15 is 0 Å². The minimum atomic E-state index is -0.494. The van der Waals surface area contributed by atoms with Crippen molar-refractivity contribution >= 4 is 5.91 Å². The highest BCUT2D eigenvalue weighted by Crippen LogP contribution is 2.19. The number of nitrogens with zero attached hydrogens (tertiary/aromatic N) is 2. The van der Waals surface area contributed by atoms with Gasteiger partial charge in [-0.3, -0.25) is 9.59 Å². The largest absolute Gasteiger partial charge is 0.481 e. The fourth-order valence-corrected chi connectivity index (χ4v) is 2.17. The molecule has 1 heterocycles.